The lowest BCUT2D eigenvalue weighted by molar-refractivity contribution is -0.118. The topological polar surface area (TPSA) is 66.9 Å². The molecule has 0 bridgehead atoms. The van der Waals surface area contributed by atoms with Crippen molar-refractivity contribution in [2.24, 2.45) is 0 Å². The number of anilines is 1. The first-order valence-electron chi connectivity index (χ1n) is 5.16. The van der Waals surface area contributed by atoms with Crippen molar-refractivity contribution in [1.82, 2.24) is 15.3 Å². The highest BCUT2D eigenvalue weighted by Crippen LogP contribution is 2.09. The van der Waals surface area contributed by atoms with Gasteiger partial charge >= 0.3 is 0 Å². The van der Waals surface area contributed by atoms with Gasteiger partial charge in [0.2, 0.25) is 5.91 Å². The molecule has 0 spiro atoms. The van der Waals surface area contributed by atoms with Gasteiger partial charge in [-0.05, 0) is 25.5 Å². The smallest absolute Gasteiger partial charge is 0.242 e. The zero-order valence-electron chi connectivity index (χ0n) is 8.44. The first-order chi connectivity index (χ1) is 7.36. The minimum Gasteiger partial charge on any atom is -0.309 e. The molecule has 1 aliphatic rings. The van der Waals surface area contributed by atoms with E-state index in [2.05, 4.69) is 20.6 Å². The normalized spacial score (nSPS) is 20.9. The minimum atomic E-state index is -0.0753. The Hall–Kier alpha value is -1.49. The maximum absolute atomic E-state index is 11.7. The average molecular weight is 206 g/mol. The van der Waals surface area contributed by atoms with Crippen LogP contribution in [0, 0.1) is 0 Å². The molecule has 1 saturated heterocycles. The fourth-order valence-corrected chi connectivity index (χ4v) is 1.65. The van der Waals surface area contributed by atoms with Gasteiger partial charge in [-0.3, -0.25) is 4.79 Å². The van der Waals surface area contributed by atoms with E-state index in [1.165, 1.54) is 6.33 Å². The van der Waals surface area contributed by atoms with Gasteiger partial charge in [0.1, 0.15) is 12.1 Å². The molecule has 1 aliphatic heterocycles. The molecule has 2 rings (SSSR count). The van der Waals surface area contributed by atoms with Crippen molar-refractivity contribution in [1.29, 1.82) is 0 Å². The number of amides is 1. The van der Waals surface area contributed by atoms with Crippen molar-refractivity contribution in [2.45, 2.75) is 25.3 Å². The summed E-state index contributed by atoms with van der Waals surface area (Å²) in [5.41, 5.74) is 0. The number of piperidine rings is 1. The van der Waals surface area contributed by atoms with Crippen LogP contribution in [0.5, 0.6) is 0 Å². The predicted molar refractivity (Wildman–Crippen MR) is 56.3 cm³/mol. The maximum atomic E-state index is 11.7. The van der Waals surface area contributed by atoms with Gasteiger partial charge in [0.05, 0.1) is 6.04 Å². The van der Waals surface area contributed by atoms with Crippen LogP contribution in [0.2, 0.25) is 0 Å². The summed E-state index contributed by atoms with van der Waals surface area (Å²) in [4.78, 5) is 19.5. The summed E-state index contributed by atoms with van der Waals surface area (Å²) in [6, 6.07) is 1.61. The van der Waals surface area contributed by atoms with E-state index >= 15 is 0 Å². The van der Waals surface area contributed by atoms with Crippen LogP contribution in [0.1, 0.15) is 19.3 Å². The lowest BCUT2D eigenvalue weighted by Gasteiger charge is -2.22. The molecule has 0 saturated carbocycles. The van der Waals surface area contributed by atoms with E-state index in [0.717, 1.165) is 25.8 Å². The van der Waals surface area contributed by atoms with Crippen molar-refractivity contribution in [3.05, 3.63) is 18.6 Å². The van der Waals surface area contributed by atoms with E-state index in [1.807, 2.05) is 0 Å². The van der Waals surface area contributed by atoms with Gasteiger partial charge in [-0.2, -0.15) is 0 Å². The van der Waals surface area contributed by atoms with Crippen molar-refractivity contribution in [3.8, 4) is 0 Å². The van der Waals surface area contributed by atoms with Crippen molar-refractivity contribution >= 4 is 11.7 Å². The molecule has 1 fully saturated rings. The van der Waals surface area contributed by atoms with E-state index in [9.17, 15) is 4.79 Å². The molecular formula is C10H14N4O. The fourth-order valence-electron chi connectivity index (χ4n) is 1.65. The number of carbonyl (C=O) groups excluding carboxylic acids is 1. The first kappa shape index (κ1) is 10.0. The van der Waals surface area contributed by atoms with Gasteiger partial charge in [0.15, 0.2) is 0 Å². The number of carbonyl (C=O) groups is 1. The van der Waals surface area contributed by atoms with Gasteiger partial charge in [-0.25, -0.2) is 9.97 Å². The second-order valence-corrected chi connectivity index (χ2v) is 3.59. The minimum absolute atomic E-state index is 0.00611. The summed E-state index contributed by atoms with van der Waals surface area (Å²) < 4.78 is 0. The maximum Gasteiger partial charge on any atom is 0.242 e. The molecule has 1 atom stereocenters. The number of hydrogen-bond donors (Lipinski definition) is 2. The lowest BCUT2D eigenvalue weighted by atomic mass is 10.0. The van der Waals surface area contributed by atoms with Crippen LogP contribution in [-0.2, 0) is 4.79 Å². The first-order valence-corrected chi connectivity index (χ1v) is 5.16. The summed E-state index contributed by atoms with van der Waals surface area (Å²) in [5, 5.41) is 5.94. The quantitative estimate of drug-likeness (QED) is 0.742. The number of hydrogen-bond acceptors (Lipinski definition) is 4. The number of aromatic nitrogens is 2. The summed E-state index contributed by atoms with van der Waals surface area (Å²) in [5.74, 6) is 0.552. The summed E-state index contributed by atoms with van der Waals surface area (Å²) in [7, 11) is 0. The van der Waals surface area contributed by atoms with E-state index < -0.39 is 0 Å². The molecule has 5 heteroatoms. The van der Waals surface area contributed by atoms with E-state index in [1.54, 1.807) is 12.3 Å². The molecular weight excluding hydrogens is 192 g/mol. The van der Waals surface area contributed by atoms with E-state index in [-0.39, 0.29) is 11.9 Å². The molecule has 0 aromatic carbocycles. The van der Waals surface area contributed by atoms with Gasteiger partial charge < -0.3 is 10.6 Å². The van der Waals surface area contributed by atoms with Crippen LogP contribution in [-0.4, -0.2) is 28.5 Å². The highest BCUT2D eigenvalue weighted by molar-refractivity contribution is 5.93. The molecule has 0 aliphatic carbocycles. The van der Waals surface area contributed by atoms with Crippen LogP contribution < -0.4 is 10.6 Å². The molecule has 0 radical (unpaired) electrons. The molecule has 15 heavy (non-hydrogen) atoms. The molecule has 2 N–H and O–H groups in total. The highest BCUT2D eigenvalue weighted by Gasteiger charge is 2.20. The Morgan fingerprint density at radius 2 is 2.47 bits per heavy atom. The zero-order valence-corrected chi connectivity index (χ0v) is 8.44. The molecule has 1 amide bonds. The van der Waals surface area contributed by atoms with E-state index in [0.29, 0.717) is 5.82 Å². The average Bonchev–Trinajstić information content (AvgIpc) is 2.31. The lowest BCUT2D eigenvalue weighted by Crippen LogP contribution is -2.43. The third kappa shape index (κ3) is 2.73. The van der Waals surface area contributed by atoms with Crippen LogP contribution in [0.25, 0.3) is 0 Å². The van der Waals surface area contributed by atoms with Crippen molar-refractivity contribution in [2.75, 3.05) is 11.9 Å². The van der Waals surface area contributed by atoms with Gasteiger partial charge in [0, 0.05) is 6.20 Å². The van der Waals surface area contributed by atoms with Crippen LogP contribution in [0.15, 0.2) is 18.6 Å². The Balaban J connectivity index is 1.91. The molecule has 5 nitrogen and oxygen atoms in total. The number of rotatable bonds is 2. The Morgan fingerprint density at radius 1 is 1.53 bits per heavy atom. The van der Waals surface area contributed by atoms with Gasteiger partial charge in [0.25, 0.3) is 0 Å². The molecule has 80 valence electrons. The second kappa shape index (κ2) is 4.84. The molecule has 2 heterocycles. The van der Waals surface area contributed by atoms with Crippen molar-refractivity contribution < 1.29 is 4.79 Å². The summed E-state index contributed by atoms with van der Waals surface area (Å²) in [6.45, 7) is 0.919. The zero-order chi connectivity index (χ0) is 10.5. The highest BCUT2D eigenvalue weighted by atomic mass is 16.2. The Bertz CT molecular complexity index is 321. The SMILES string of the molecule is O=C(Nc1ccncn1)C1CCCCN1. The number of nitrogens with zero attached hydrogens (tertiary/aromatic N) is 2. The third-order valence-corrected chi connectivity index (χ3v) is 2.46. The fraction of sp³-hybridized carbons (Fsp3) is 0.500. The summed E-state index contributed by atoms with van der Waals surface area (Å²) >= 11 is 0. The monoisotopic (exact) mass is 206 g/mol. The van der Waals surface area contributed by atoms with Crippen molar-refractivity contribution in [3.63, 3.8) is 0 Å². The van der Waals surface area contributed by atoms with Crippen LogP contribution in [0.4, 0.5) is 5.82 Å². The molecule has 1 aromatic rings. The van der Waals surface area contributed by atoms with E-state index in [4.69, 9.17) is 0 Å². The Morgan fingerprint density at radius 3 is 3.13 bits per heavy atom. The van der Waals surface area contributed by atoms with Crippen LogP contribution >= 0.6 is 0 Å². The molecule has 1 unspecified atom stereocenters. The Labute approximate surface area is 88.3 Å². The number of nitrogens with one attached hydrogen (secondary N) is 2. The van der Waals surface area contributed by atoms with Crippen LogP contribution in [0.3, 0.4) is 0 Å². The largest absolute Gasteiger partial charge is 0.309 e. The standard InChI is InChI=1S/C10H14N4O/c15-10(8-3-1-2-5-12-8)14-9-4-6-11-7-13-9/h4,6-8,12H,1-3,5H2,(H,11,13,14,15). The van der Waals surface area contributed by atoms with Gasteiger partial charge in [-0.1, -0.05) is 6.42 Å². The third-order valence-electron chi connectivity index (χ3n) is 2.46. The molecule has 1 aromatic heterocycles. The Kier molecular flexibility index (Phi) is 3.24. The summed E-state index contributed by atoms with van der Waals surface area (Å²) in [6.07, 6.45) is 6.18. The second-order valence-electron chi connectivity index (χ2n) is 3.59. The van der Waals surface area contributed by atoms with Gasteiger partial charge in [-0.15, -0.1) is 0 Å². The predicted octanol–water partition coefficient (Wildman–Crippen LogP) is 0.557.